The van der Waals surface area contributed by atoms with Crippen molar-refractivity contribution in [1.82, 2.24) is 5.32 Å². The normalized spacial score (nSPS) is 18.7. The van der Waals surface area contributed by atoms with Crippen LogP contribution in [0.1, 0.15) is 212 Å². The van der Waals surface area contributed by atoms with Gasteiger partial charge in [-0.1, -0.05) is 190 Å². The fourth-order valence-electron chi connectivity index (χ4n) is 9.30. The van der Waals surface area contributed by atoms with Crippen LogP contribution < -0.4 is 5.32 Å². The SMILES string of the molecule is CCCCCCCCCCCCC(OC(=O)CCCCCCCCCc1ccccc1)C(=O)N[C@H]1C(O[SiH](C)C)O[C@H](COC(C)(C)C)[C@@H](OS(=O)(=O)O)[C@@H]1OC(=O)CCCCCCCCCc1ccccc1. The highest BCUT2D eigenvalue weighted by atomic mass is 32.3. The van der Waals surface area contributed by atoms with E-state index in [2.05, 4.69) is 60.8 Å². The highest BCUT2D eigenvalue weighted by Gasteiger charge is 2.52. The average molecular weight is 1060 g/mol. The fourth-order valence-corrected chi connectivity index (χ4v) is 10.6. The van der Waals surface area contributed by atoms with E-state index in [1.807, 2.05) is 46.0 Å². The highest BCUT2D eigenvalue weighted by molar-refractivity contribution is 7.80. The number of carbonyl (C=O) groups excluding carboxylic acids is 3. The summed E-state index contributed by atoms with van der Waals surface area (Å²) in [5.41, 5.74) is 2.01. The second-order valence-corrected chi connectivity index (χ2v) is 24.9. The summed E-state index contributed by atoms with van der Waals surface area (Å²) >= 11 is 0. The number of amides is 1. The Morgan fingerprint density at radius 2 is 1.10 bits per heavy atom. The van der Waals surface area contributed by atoms with E-state index in [1.165, 1.54) is 43.2 Å². The Balaban J connectivity index is 1.72. The molecule has 73 heavy (non-hydrogen) atoms. The first-order chi connectivity index (χ1) is 35.0. The zero-order valence-electron chi connectivity index (χ0n) is 45.9. The molecule has 1 heterocycles. The van der Waals surface area contributed by atoms with Gasteiger partial charge in [0.25, 0.3) is 5.91 Å². The average Bonchev–Trinajstić information content (AvgIpc) is 3.34. The molecule has 2 unspecified atom stereocenters. The molecule has 1 saturated heterocycles. The van der Waals surface area contributed by atoms with Gasteiger partial charge in [0.15, 0.2) is 27.5 Å². The van der Waals surface area contributed by atoms with E-state index >= 15 is 0 Å². The third-order valence-corrected chi connectivity index (χ3v) is 14.6. The number of carbonyl (C=O) groups is 3. The summed E-state index contributed by atoms with van der Waals surface area (Å²) in [5.74, 6) is -1.75. The van der Waals surface area contributed by atoms with E-state index in [9.17, 15) is 27.4 Å². The standard InChI is InChI=1S/C58H97NO12SSi/c1-7-8-9-10-11-12-13-18-23-34-43-49(67-51(60)44-35-24-19-14-16-21-28-37-47-39-30-26-31-40-47)56(62)59-53-55(69-52(61)45-36-25-20-15-17-22-29-38-48-41-32-27-33-42-48)54(70-72(63,64)65)50(46-66-58(2,3)4)68-57(53)71-73(5)6/h26-27,30-33,39-42,49-50,53-55,57,73H,7-25,28-29,34-38,43-46H2,1-6H3,(H,59,62)(H,63,64,65)/t49?,50-,53-,54-,55-,57?/m1/s1. The lowest BCUT2D eigenvalue weighted by Crippen LogP contribution is -2.68. The number of esters is 2. The van der Waals surface area contributed by atoms with Crippen LogP contribution in [0.3, 0.4) is 0 Å². The second-order valence-electron chi connectivity index (χ2n) is 21.5. The molecule has 6 atom stereocenters. The van der Waals surface area contributed by atoms with Gasteiger partial charge in [-0.15, -0.1) is 0 Å². The summed E-state index contributed by atoms with van der Waals surface area (Å²) in [6.45, 7) is 11.3. The molecular weight excluding hydrogens is 963 g/mol. The van der Waals surface area contributed by atoms with E-state index in [4.69, 9.17) is 27.6 Å². The monoisotopic (exact) mass is 1060 g/mol. The van der Waals surface area contributed by atoms with Crippen LogP contribution in [-0.4, -0.2) is 88.8 Å². The third-order valence-electron chi connectivity index (χ3n) is 13.3. The molecule has 1 aliphatic heterocycles. The van der Waals surface area contributed by atoms with E-state index < -0.39 is 79.6 Å². The second kappa shape index (κ2) is 37.5. The van der Waals surface area contributed by atoms with Crippen LogP contribution in [0.4, 0.5) is 0 Å². The van der Waals surface area contributed by atoms with Crippen molar-refractivity contribution < 1.29 is 54.9 Å². The molecule has 0 bridgehead atoms. The van der Waals surface area contributed by atoms with Gasteiger partial charge in [0, 0.05) is 12.8 Å². The van der Waals surface area contributed by atoms with Gasteiger partial charge >= 0.3 is 22.3 Å². The molecular formula is C58H97NO12SSi. The molecule has 1 amide bonds. The molecule has 0 aromatic heterocycles. The minimum atomic E-state index is -5.15. The van der Waals surface area contributed by atoms with Crippen LogP contribution in [-0.2, 0) is 65.2 Å². The van der Waals surface area contributed by atoms with E-state index in [0.29, 0.717) is 19.3 Å². The Labute approximate surface area is 443 Å². The Kier molecular flexibility index (Phi) is 33.0. The largest absolute Gasteiger partial charge is 0.457 e. The van der Waals surface area contributed by atoms with Gasteiger partial charge in [-0.3, -0.25) is 18.9 Å². The summed E-state index contributed by atoms with van der Waals surface area (Å²) in [4.78, 5) is 41.9. The van der Waals surface area contributed by atoms with E-state index in [-0.39, 0.29) is 25.9 Å². The zero-order chi connectivity index (χ0) is 53.2. The third kappa shape index (κ3) is 30.8. The Hall–Kier alpha value is -3.18. The summed E-state index contributed by atoms with van der Waals surface area (Å²) in [6.07, 6.45) is 20.5. The number of hydrogen-bond acceptors (Lipinski definition) is 11. The van der Waals surface area contributed by atoms with Crippen molar-refractivity contribution in [1.29, 1.82) is 0 Å². The number of benzene rings is 2. The molecule has 13 nitrogen and oxygen atoms in total. The zero-order valence-corrected chi connectivity index (χ0v) is 47.8. The maximum atomic E-state index is 14.6. The molecule has 0 aliphatic carbocycles. The van der Waals surface area contributed by atoms with E-state index in [1.54, 1.807) is 0 Å². The van der Waals surface area contributed by atoms with Crippen molar-refractivity contribution in [2.45, 2.75) is 269 Å². The number of unbranched alkanes of at least 4 members (excludes halogenated alkanes) is 21. The first kappa shape index (κ1) is 64.1. The van der Waals surface area contributed by atoms with Crippen LogP contribution in [0.15, 0.2) is 60.7 Å². The molecule has 2 aromatic carbocycles. The number of nitrogens with one attached hydrogen (secondary N) is 1. The van der Waals surface area contributed by atoms with Crippen molar-refractivity contribution in [2.24, 2.45) is 0 Å². The Morgan fingerprint density at radius 3 is 1.56 bits per heavy atom. The van der Waals surface area contributed by atoms with Crippen LogP contribution in [0.2, 0.25) is 13.1 Å². The van der Waals surface area contributed by atoms with Gasteiger partial charge in [0.1, 0.15) is 18.2 Å². The lowest BCUT2D eigenvalue weighted by atomic mass is 9.95. The van der Waals surface area contributed by atoms with Gasteiger partial charge in [-0.25, -0.2) is 4.18 Å². The van der Waals surface area contributed by atoms with Gasteiger partial charge in [0.05, 0.1) is 12.2 Å². The molecule has 1 aliphatic rings. The molecule has 0 spiro atoms. The van der Waals surface area contributed by atoms with Gasteiger partial charge in [0.2, 0.25) is 0 Å². The van der Waals surface area contributed by atoms with Crippen LogP contribution in [0, 0.1) is 0 Å². The number of hydrogen-bond donors (Lipinski definition) is 2. The summed E-state index contributed by atoms with van der Waals surface area (Å²) in [6, 6.07) is 19.7. The Morgan fingerprint density at radius 1 is 0.644 bits per heavy atom. The Bertz CT molecular complexity index is 1860. The molecule has 15 heteroatoms. The first-order valence-corrected chi connectivity index (χ1v) is 32.6. The van der Waals surface area contributed by atoms with Crippen molar-refractivity contribution in [3.8, 4) is 0 Å². The van der Waals surface area contributed by atoms with Crippen molar-refractivity contribution in [3.05, 3.63) is 71.8 Å². The lowest BCUT2D eigenvalue weighted by molar-refractivity contribution is -0.254. The van der Waals surface area contributed by atoms with E-state index in [0.717, 1.165) is 116 Å². The smallest absolute Gasteiger partial charge is 0.397 e. The van der Waals surface area contributed by atoms with Crippen molar-refractivity contribution >= 4 is 37.3 Å². The molecule has 1 fully saturated rings. The number of ether oxygens (including phenoxy) is 4. The van der Waals surface area contributed by atoms with Crippen LogP contribution in [0.5, 0.6) is 0 Å². The predicted molar refractivity (Wildman–Crippen MR) is 293 cm³/mol. The maximum absolute atomic E-state index is 14.6. The minimum absolute atomic E-state index is 0.0332. The summed E-state index contributed by atoms with van der Waals surface area (Å²) in [7, 11) is -7.12. The molecule has 2 aromatic rings. The summed E-state index contributed by atoms with van der Waals surface area (Å²) in [5, 5.41) is 2.93. The summed E-state index contributed by atoms with van der Waals surface area (Å²) < 4.78 is 71.4. The number of rotatable bonds is 41. The predicted octanol–water partition coefficient (Wildman–Crippen LogP) is 13.1. The van der Waals surface area contributed by atoms with Gasteiger partial charge in [-0.2, -0.15) is 8.42 Å². The quantitative estimate of drug-likeness (QED) is 0.0280. The number of aryl methyl sites for hydroxylation is 2. The topological polar surface area (TPSA) is 173 Å². The van der Waals surface area contributed by atoms with Crippen molar-refractivity contribution in [2.75, 3.05) is 6.61 Å². The first-order valence-electron chi connectivity index (χ1n) is 28.4. The van der Waals surface area contributed by atoms with Gasteiger partial charge < -0.3 is 28.7 Å². The fraction of sp³-hybridized carbons (Fsp3) is 0.741. The lowest BCUT2D eigenvalue weighted by Gasteiger charge is -2.46. The van der Waals surface area contributed by atoms with Crippen LogP contribution >= 0.6 is 0 Å². The molecule has 2 N–H and O–H groups in total. The minimum Gasteiger partial charge on any atom is -0.457 e. The van der Waals surface area contributed by atoms with Crippen LogP contribution in [0.25, 0.3) is 0 Å². The maximum Gasteiger partial charge on any atom is 0.397 e. The molecule has 0 saturated carbocycles. The van der Waals surface area contributed by atoms with Crippen molar-refractivity contribution in [3.63, 3.8) is 0 Å². The highest BCUT2D eigenvalue weighted by Crippen LogP contribution is 2.31. The molecule has 416 valence electrons. The molecule has 3 rings (SSSR count). The molecule has 0 radical (unpaired) electrons. The van der Waals surface area contributed by atoms with Gasteiger partial charge in [-0.05, 0) is 96.4 Å².